The maximum absolute atomic E-state index is 14.7. The molecule has 5 rings (SSSR count). The van der Waals surface area contributed by atoms with Crippen molar-refractivity contribution in [2.75, 3.05) is 0 Å². The van der Waals surface area contributed by atoms with Gasteiger partial charge in [-0.25, -0.2) is 22.4 Å². The highest BCUT2D eigenvalue weighted by molar-refractivity contribution is 5.88. The van der Waals surface area contributed by atoms with Crippen LogP contribution in [0, 0.1) is 77.0 Å². The lowest BCUT2D eigenvalue weighted by Crippen LogP contribution is -2.17. The summed E-state index contributed by atoms with van der Waals surface area (Å²) in [5.41, 5.74) is -0.0690. The molecule has 0 atom stereocenters. The summed E-state index contributed by atoms with van der Waals surface area (Å²) in [6.45, 7) is 22.0. The minimum Gasteiger partial charge on any atom is -0.232 e. The molecule has 10 heteroatoms. The molecule has 3 aromatic carbocycles. The van der Waals surface area contributed by atoms with E-state index in [1.54, 1.807) is 24.3 Å². The van der Waals surface area contributed by atoms with Crippen LogP contribution in [0.1, 0.15) is 27.8 Å². The maximum atomic E-state index is 14.7. The van der Waals surface area contributed by atoms with Crippen LogP contribution in [-0.4, -0.2) is 0 Å². The molecule has 0 radical (unpaired) electrons. The highest BCUT2D eigenvalue weighted by Crippen LogP contribution is 2.37. The van der Waals surface area contributed by atoms with E-state index >= 15 is 0 Å². The zero-order chi connectivity index (χ0) is 30.3. The molecule has 0 fully saturated rings. The third kappa shape index (κ3) is 4.06. The third-order valence-electron chi connectivity index (χ3n) is 7.07. The maximum Gasteiger partial charge on any atom is 0.523 e. The van der Waals surface area contributed by atoms with Gasteiger partial charge < -0.3 is 0 Å². The first-order chi connectivity index (χ1) is 20.2. The van der Waals surface area contributed by atoms with Crippen LogP contribution in [0.15, 0.2) is 58.9 Å². The average Bonchev–Trinajstić information content (AvgIpc) is 3.50. The molecule has 0 saturated heterocycles. The Labute approximate surface area is 236 Å². The Morgan fingerprint density at radius 1 is 0.667 bits per heavy atom. The van der Waals surface area contributed by atoms with Crippen molar-refractivity contribution in [3.63, 3.8) is 0 Å². The summed E-state index contributed by atoms with van der Waals surface area (Å²) in [5.74, 6) is -4.82. The second-order valence-electron chi connectivity index (χ2n) is 9.20. The molecule has 3 aromatic rings. The number of nitrogens with zero attached hydrogens (tertiary/aromatic N) is 6. The molecule has 0 amide bonds. The summed E-state index contributed by atoms with van der Waals surface area (Å²) in [4.78, 5) is 9.44. The van der Waals surface area contributed by atoms with Gasteiger partial charge in [0.1, 0.15) is 65.8 Å². The van der Waals surface area contributed by atoms with Crippen molar-refractivity contribution in [1.82, 2.24) is 0 Å². The molecule has 0 aliphatic heterocycles. The topological polar surface area (TPSA) is 84.5 Å². The van der Waals surface area contributed by atoms with Gasteiger partial charge in [-0.05, 0) is 92.2 Å². The van der Waals surface area contributed by atoms with Crippen molar-refractivity contribution in [3.8, 4) is 18.2 Å². The molecule has 196 valence electrons. The minimum atomic E-state index is -1.13. The minimum absolute atomic E-state index is 0.000149. The average molecular weight is 554 g/mol. The number of fused-ring (bicyclic) bond motifs is 2. The number of benzene rings is 3. The van der Waals surface area contributed by atoms with E-state index in [2.05, 4.69) is 14.5 Å². The molecule has 0 N–H and O–H groups in total. The second-order valence-corrected chi connectivity index (χ2v) is 9.20. The van der Waals surface area contributed by atoms with Crippen molar-refractivity contribution < 1.29 is 17.6 Å². The van der Waals surface area contributed by atoms with Crippen LogP contribution in [0.5, 0.6) is 0 Å². The molecule has 2 aliphatic carbocycles. The molecule has 0 aromatic heterocycles. The van der Waals surface area contributed by atoms with Crippen LogP contribution in [0.4, 0.5) is 23.2 Å². The molecule has 6 nitrogen and oxygen atoms in total. The number of allylic oxidation sites excluding steroid dienone is 3. The first-order valence-corrected chi connectivity index (χ1v) is 11.9. The summed E-state index contributed by atoms with van der Waals surface area (Å²) in [5, 5.41) is 29.2. The van der Waals surface area contributed by atoms with Gasteiger partial charge in [-0.1, -0.05) is 0 Å². The number of rotatable bonds is 2. The lowest BCUT2D eigenvalue weighted by molar-refractivity contribution is 0.576. The number of hydrogen-bond acceptors (Lipinski definition) is 3. The van der Waals surface area contributed by atoms with E-state index in [1.165, 1.54) is 6.07 Å². The van der Waals surface area contributed by atoms with Crippen molar-refractivity contribution in [2.45, 2.75) is 12.8 Å². The van der Waals surface area contributed by atoms with E-state index in [4.69, 9.17) is 25.0 Å². The Morgan fingerprint density at radius 2 is 1.12 bits per heavy atom. The van der Waals surface area contributed by atoms with E-state index in [-0.39, 0.29) is 57.7 Å². The van der Waals surface area contributed by atoms with Crippen LogP contribution < -0.4 is 10.4 Å². The number of hydrogen-bond donors (Lipinski definition) is 0. The fraction of sp³-hybridized carbons (Fsp3) is 0.0625. The standard InChI is InChI=1S/C32H10F4N6/c1-40-31-27(35)10-18(11-28(31)36)30-21-4-15-6-22(19(12-37)13-38)29(17-8-25(33)24(14-39)26(34)9-17)20(15)5-16(21)7-23(30)32(41-2)42-3/h4-5,8-11H,6-7H2. The molecule has 2 aliphatic rings. The van der Waals surface area contributed by atoms with Gasteiger partial charge in [0, 0.05) is 6.42 Å². The normalized spacial score (nSPS) is 12.7. The van der Waals surface area contributed by atoms with Gasteiger partial charge in [-0.15, -0.1) is 0 Å². The van der Waals surface area contributed by atoms with E-state index in [1.807, 2.05) is 0 Å². The predicted octanol–water partition coefficient (Wildman–Crippen LogP) is 5.57. The summed E-state index contributed by atoms with van der Waals surface area (Å²) in [6, 6.07) is 12.1. The zero-order valence-electron chi connectivity index (χ0n) is 21.1. The molecule has 0 heterocycles. The van der Waals surface area contributed by atoms with Crippen LogP contribution in [0.2, 0.25) is 0 Å². The SMILES string of the molecule is [C-]#[N+]C([N+]#[C-])=C1Cc2cc3c(cc2=C1c1cc(F)c([N+]#[C-])c(F)c1)CC(=C(C#N)C#N)C=3c1cc(F)c(C#N)c(F)c1. The van der Waals surface area contributed by atoms with Gasteiger partial charge >= 0.3 is 5.82 Å². The molecule has 0 saturated carbocycles. The third-order valence-corrected chi connectivity index (χ3v) is 7.07. The lowest BCUT2D eigenvalue weighted by atomic mass is 9.94. The van der Waals surface area contributed by atoms with Gasteiger partial charge in [0.25, 0.3) is 5.69 Å². The van der Waals surface area contributed by atoms with E-state index < -0.39 is 34.5 Å². The number of nitriles is 3. The zero-order valence-corrected chi connectivity index (χ0v) is 21.1. The summed E-state index contributed by atoms with van der Waals surface area (Å²) in [6.07, 6.45) is -0.0144. The monoisotopic (exact) mass is 554 g/mol. The smallest absolute Gasteiger partial charge is 0.232 e. The van der Waals surface area contributed by atoms with E-state index in [9.17, 15) is 28.1 Å². The van der Waals surface area contributed by atoms with Crippen molar-refractivity contribution in [3.05, 3.63) is 155 Å². The fourth-order valence-electron chi connectivity index (χ4n) is 5.35. The van der Waals surface area contributed by atoms with E-state index in [0.29, 0.717) is 21.6 Å². The van der Waals surface area contributed by atoms with Crippen molar-refractivity contribution >= 4 is 16.8 Å². The Kier molecular flexibility index (Phi) is 6.62. The quantitative estimate of drug-likeness (QED) is 0.236. The number of halogens is 4. The van der Waals surface area contributed by atoms with Crippen LogP contribution in [-0.2, 0) is 12.8 Å². The second kappa shape index (κ2) is 10.3. The fourth-order valence-corrected chi connectivity index (χ4v) is 5.35. The summed E-state index contributed by atoms with van der Waals surface area (Å²) >= 11 is 0. The van der Waals surface area contributed by atoms with Gasteiger partial charge in [0.2, 0.25) is 0 Å². The molecule has 0 spiro atoms. The van der Waals surface area contributed by atoms with Gasteiger partial charge in [-0.3, -0.25) is 0 Å². The Hall–Kier alpha value is -6.46. The van der Waals surface area contributed by atoms with Gasteiger partial charge in [-0.2, -0.15) is 25.5 Å². The highest BCUT2D eigenvalue weighted by atomic mass is 19.1. The van der Waals surface area contributed by atoms with Crippen LogP contribution in [0.3, 0.4) is 0 Å². The van der Waals surface area contributed by atoms with Gasteiger partial charge in [0.05, 0.1) is 12.1 Å². The Morgan fingerprint density at radius 3 is 1.55 bits per heavy atom. The van der Waals surface area contributed by atoms with Crippen LogP contribution >= 0.6 is 0 Å². The Balaban J connectivity index is 1.93. The van der Waals surface area contributed by atoms with E-state index in [0.717, 1.165) is 24.3 Å². The van der Waals surface area contributed by atoms with Gasteiger partial charge in [0.15, 0.2) is 0 Å². The summed E-state index contributed by atoms with van der Waals surface area (Å²) < 4.78 is 58.7. The molecule has 0 unspecified atom stereocenters. The highest BCUT2D eigenvalue weighted by Gasteiger charge is 2.31. The van der Waals surface area contributed by atoms with Crippen molar-refractivity contribution in [1.29, 1.82) is 15.8 Å². The predicted molar refractivity (Wildman–Crippen MR) is 140 cm³/mol. The van der Waals surface area contributed by atoms with Crippen LogP contribution in [0.25, 0.3) is 25.7 Å². The largest absolute Gasteiger partial charge is 0.523 e. The lowest BCUT2D eigenvalue weighted by Gasteiger charge is -2.08. The molecule has 0 bridgehead atoms. The molecule has 42 heavy (non-hydrogen) atoms. The first-order valence-electron chi connectivity index (χ1n) is 11.9. The molecular formula is C32H10F4N6. The summed E-state index contributed by atoms with van der Waals surface area (Å²) in [7, 11) is 0. The van der Waals surface area contributed by atoms with Crippen molar-refractivity contribution in [2.24, 2.45) is 0 Å². The Bertz CT molecular complexity index is 2010. The molecular weight excluding hydrogens is 544 g/mol. The first kappa shape index (κ1) is 27.1.